The summed E-state index contributed by atoms with van der Waals surface area (Å²) in [6, 6.07) is 11.7. The van der Waals surface area contributed by atoms with E-state index >= 15 is 0 Å². The number of carbonyl (C=O) groups is 2. The molecule has 46 heavy (non-hydrogen) atoms. The molecular weight excluding hydrogens is 666 g/mol. The first-order valence-electron chi connectivity index (χ1n) is 15.8. The summed E-state index contributed by atoms with van der Waals surface area (Å²) in [6.07, 6.45) is 8.34. The van der Waals surface area contributed by atoms with Gasteiger partial charge in [-0.05, 0) is 129 Å². The quantitative estimate of drug-likeness (QED) is 0.181. The molecule has 0 N–H and O–H groups in total. The summed E-state index contributed by atoms with van der Waals surface area (Å²) in [7, 11) is 8.22. The van der Waals surface area contributed by atoms with Crippen molar-refractivity contribution >= 4 is 58.3 Å². The molecule has 2 aromatic rings. The summed E-state index contributed by atoms with van der Waals surface area (Å²) in [5, 5.41) is 2.14. The van der Waals surface area contributed by atoms with E-state index in [1.54, 1.807) is 0 Å². The zero-order valence-electron chi connectivity index (χ0n) is 27.7. The number of esters is 2. The van der Waals surface area contributed by atoms with Gasteiger partial charge in [0.15, 0.2) is 0 Å². The maximum atomic E-state index is 12.9. The summed E-state index contributed by atoms with van der Waals surface area (Å²) in [4.78, 5) is 30.1. The highest BCUT2D eigenvalue weighted by Crippen LogP contribution is 2.47. The number of ether oxygens (including phenoxy) is 2. The first kappa shape index (κ1) is 37.0. The predicted molar refractivity (Wildman–Crippen MR) is 188 cm³/mol. The van der Waals surface area contributed by atoms with Crippen LogP contribution in [0.15, 0.2) is 48.6 Å². The Bertz CT molecular complexity index is 1330. The lowest BCUT2D eigenvalue weighted by molar-refractivity contribution is -0.159. The Balaban J connectivity index is 1.34. The molecule has 4 rings (SSSR count). The van der Waals surface area contributed by atoms with E-state index in [2.05, 4.69) is 38.0 Å². The molecule has 0 aliphatic heterocycles. The lowest BCUT2D eigenvalue weighted by Gasteiger charge is -2.46. The Hall–Kier alpha value is -1.80. The van der Waals surface area contributed by atoms with Gasteiger partial charge in [0.1, 0.15) is 11.2 Å². The Morgan fingerprint density at radius 3 is 1.22 bits per heavy atom. The third kappa shape index (κ3) is 9.00. The maximum absolute atomic E-state index is 12.9. The van der Waals surface area contributed by atoms with Gasteiger partial charge in [-0.15, -0.1) is 0 Å². The van der Waals surface area contributed by atoms with Crippen molar-refractivity contribution in [1.82, 2.24) is 9.80 Å². The van der Waals surface area contributed by atoms with E-state index in [4.69, 9.17) is 55.9 Å². The summed E-state index contributed by atoms with van der Waals surface area (Å²) >= 11 is 25.2. The monoisotopic (exact) mass is 710 g/mol. The molecule has 0 atom stereocenters. The minimum Gasteiger partial charge on any atom is -0.456 e. The van der Waals surface area contributed by atoms with Crippen LogP contribution < -0.4 is 0 Å². The van der Waals surface area contributed by atoms with Crippen LogP contribution in [0.2, 0.25) is 20.1 Å². The van der Waals surface area contributed by atoms with Gasteiger partial charge < -0.3 is 19.3 Å². The van der Waals surface area contributed by atoms with Gasteiger partial charge in [0.05, 0.1) is 20.1 Å². The Morgan fingerprint density at radius 2 is 0.935 bits per heavy atom. The summed E-state index contributed by atoms with van der Waals surface area (Å²) in [6.45, 7) is 5.59. The van der Waals surface area contributed by atoms with Crippen molar-refractivity contribution in [2.75, 3.05) is 41.3 Å². The number of hydrogen-bond donors (Lipinski definition) is 0. The average molecular weight is 713 g/mol. The number of nitrogens with zero attached hydrogens (tertiary/aromatic N) is 2. The fourth-order valence-electron chi connectivity index (χ4n) is 7.35. The van der Waals surface area contributed by atoms with Gasteiger partial charge in [0, 0.05) is 36.1 Å². The highest BCUT2D eigenvalue weighted by atomic mass is 35.5. The molecule has 0 aromatic heterocycles. The molecule has 2 aromatic carbocycles. The smallest absolute Gasteiger partial charge is 0.331 e. The summed E-state index contributed by atoms with van der Waals surface area (Å²) in [5.41, 5.74) is 0.711. The second-order valence-electron chi connectivity index (χ2n) is 14.4. The van der Waals surface area contributed by atoms with Crippen LogP contribution in [0.3, 0.4) is 0 Å². The molecule has 252 valence electrons. The third-order valence-electron chi connectivity index (χ3n) is 9.88. The van der Waals surface area contributed by atoms with Gasteiger partial charge in [0.2, 0.25) is 0 Å². The van der Waals surface area contributed by atoms with E-state index in [-0.39, 0.29) is 10.8 Å². The molecule has 6 nitrogen and oxygen atoms in total. The average Bonchev–Trinajstić information content (AvgIpc) is 2.97. The van der Waals surface area contributed by atoms with E-state index in [9.17, 15) is 9.59 Å². The number of likely N-dealkylation sites (N-methyl/N-ethyl adjacent to an activating group) is 2. The van der Waals surface area contributed by atoms with Crippen molar-refractivity contribution in [2.24, 2.45) is 0 Å². The second kappa shape index (κ2) is 14.8. The number of rotatable bonds is 10. The largest absolute Gasteiger partial charge is 0.456 e. The predicted octanol–water partition coefficient (Wildman–Crippen LogP) is 8.91. The number of halogens is 4. The molecule has 0 heterocycles. The number of benzene rings is 2. The van der Waals surface area contributed by atoms with Crippen molar-refractivity contribution < 1.29 is 19.1 Å². The van der Waals surface area contributed by atoms with Gasteiger partial charge in [-0.3, -0.25) is 0 Å². The molecule has 0 bridgehead atoms. The van der Waals surface area contributed by atoms with Crippen LogP contribution in [-0.2, 0) is 29.9 Å². The Morgan fingerprint density at radius 1 is 0.609 bits per heavy atom. The van der Waals surface area contributed by atoms with Crippen molar-refractivity contribution in [3.8, 4) is 0 Å². The molecule has 0 spiro atoms. The highest BCUT2D eigenvalue weighted by Gasteiger charge is 2.45. The fraction of sp³-hybridized carbons (Fsp3) is 0.556. The van der Waals surface area contributed by atoms with E-state index in [1.165, 1.54) is 12.2 Å². The third-order valence-corrected chi connectivity index (χ3v) is 11.4. The fourth-order valence-corrected chi connectivity index (χ4v) is 7.94. The summed E-state index contributed by atoms with van der Waals surface area (Å²) in [5.74, 6) is -1.10. The van der Waals surface area contributed by atoms with Crippen LogP contribution >= 0.6 is 46.4 Å². The van der Waals surface area contributed by atoms with Crippen molar-refractivity contribution in [2.45, 2.75) is 87.2 Å². The van der Waals surface area contributed by atoms with Crippen molar-refractivity contribution in [1.29, 1.82) is 0 Å². The molecule has 2 aliphatic rings. The number of hydrogen-bond acceptors (Lipinski definition) is 6. The molecule has 0 amide bonds. The van der Waals surface area contributed by atoms with Crippen LogP contribution in [0, 0.1) is 0 Å². The van der Waals surface area contributed by atoms with Crippen LogP contribution in [0.4, 0.5) is 0 Å². The molecule has 2 fully saturated rings. The zero-order valence-corrected chi connectivity index (χ0v) is 30.8. The van der Waals surface area contributed by atoms with Gasteiger partial charge in [-0.25, -0.2) is 9.59 Å². The van der Waals surface area contributed by atoms with Crippen molar-refractivity contribution in [3.05, 3.63) is 79.8 Å². The minimum atomic E-state index is -0.646. The zero-order chi connectivity index (χ0) is 33.9. The molecule has 0 radical (unpaired) electrons. The van der Waals surface area contributed by atoms with E-state index in [1.807, 2.05) is 50.2 Å². The SMILES string of the molecule is CN(C)CC1(c2ccc(Cl)c(Cl)c2)CCC(C)(OC(=O)/C=C\C(=O)OC2(C)CCC(CN(C)C)(c3ccc(Cl)c(Cl)c3)CC2)CC1. The normalized spacial score (nSPS) is 28.5. The second-order valence-corrected chi connectivity index (χ2v) is 16.0. The number of carbonyl (C=O) groups excluding carboxylic acids is 2. The Kier molecular flexibility index (Phi) is 11.9. The first-order chi connectivity index (χ1) is 21.5. The van der Waals surface area contributed by atoms with E-state index < -0.39 is 23.1 Å². The van der Waals surface area contributed by atoms with Crippen LogP contribution in [0.25, 0.3) is 0 Å². The lowest BCUT2D eigenvalue weighted by atomic mass is 9.65. The molecule has 10 heteroatoms. The van der Waals surface area contributed by atoms with Gasteiger partial charge >= 0.3 is 11.9 Å². The lowest BCUT2D eigenvalue weighted by Crippen LogP contribution is -2.47. The Labute approximate surface area is 294 Å². The molecule has 2 aliphatic carbocycles. The topological polar surface area (TPSA) is 59.1 Å². The standard InChI is InChI=1S/C36H46Cl4N2O4/c1-33(13-17-35(18-14-33,23-41(3)4)25-7-9-27(37)29(39)21-25)45-31(43)11-12-32(44)46-34(2)15-19-36(20-16-34,24-42(5)6)26-8-10-28(38)30(40)22-26/h7-12,21-22H,13-20,23-24H2,1-6H3/b12-11-. The van der Waals surface area contributed by atoms with Gasteiger partial charge in [-0.2, -0.15) is 0 Å². The molecular formula is C36H46Cl4N2O4. The minimum absolute atomic E-state index is 0.136. The van der Waals surface area contributed by atoms with Gasteiger partial charge in [-0.1, -0.05) is 58.5 Å². The molecule has 0 unspecified atom stereocenters. The van der Waals surface area contributed by atoms with Gasteiger partial charge in [0.25, 0.3) is 0 Å². The van der Waals surface area contributed by atoms with Crippen LogP contribution in [0.5, 0.6) is 0 Å². The van der Waals surface area contributed by atoms with Crippen LogP contribution in [0.1, 0.15) is 76.3 Å². The molecule has 2 saturated carbocycles. The highest BCUT2D eigenvalue weighted by molar-refractivity contribution is 6.42. The van der Waals surface area contributed by atoms with E-state index in [0.29, 0.717) is 45.8 Å². The summed E-state index contributed by atoms with van der Waals surface area (Å²) < 4.78 is 11.9. The van der Waals surface area contributed by atoms with Crippen molar-refractivity contribution in [3.63, 3.8) is 0 Å². The first-order valence-corrected chi connectivity index (χ1v) is 17.3. The van der Waals surface area contributed by atoms with Crippen LogP contribution in [-0.4, -0.2) is 74.2 Å². The maximum Gasteiger partial charge on any atom is 0.331 e. The molecule has 0 saturated heterocycles. The van der Waals surface area contributed by atoms with E-state index in [0.717, 1.165) is 49.9 Å².